The zero-order valence-electron chi connectivity index (χ0n) is 22.9. The molecule has 1 saturated heterocycles. The van der Waals surface area contributed by atoms with Gasteiger partial charge in [0.25, 0.3) is 17.6 Å². The summed E-state index contributed by atoms with van der Waals surface area (Å²) in [5.74, 6) is 0.121. The first-order valence-electron chi connectivity index (χ1n) is 13.3. The summed E-state index contributed by atoms with van der Waals surface area (Å²) in [6, 6.07) is 12.1. The molecule has 5 rings (SSSR count). The smallest absolute Gasteiger partial charge is 0.290 e. The molecule has 0 unspecified atom stereocenters. The minimum absolute atomic E-state index is 0.165. The quantitative estimate of drug-likeness (QED) is 0.467. The zero-order valence-corrected chi connectivity index (χ0v) is 22.9. The zero-order chi connectivity index (χ0) is 28.9. The van der Waals surface area contributed by atoms with E-state index >= 15 is 0 Å². The number of nitrogens with one attached hydrogen (secondary N) is 1. The Bertz CT molecular complexity index is 1430. The minimum Gasteiger partial charge on any atom is -0.494 e. The van der Waals surface area contributed by atoms with Crippen molar-refractivity contribution < 1.29 is 33.1 Å². The van der Waals surface area contributed by atoms with Crippen LogP contribution in [0.25, 0.3) is 0 Å². The van der Waals surface area contributed by atoms with Gasteiger partial charge in [0.2, 0.25) is 11.8 Å². The molecule has 13 heteroatoms. The number of rotatable bonds is 5. The fourth-order valence-electron chi connectivity index (χ4n) is 4.89. The molecule has 1 aromatic heterocycles. The standard InChI is InChI=1S/C28H32N6O7/c1-3-38-20-10-18-11-21(12-20)40-19-6-4-5-17(9-19)16-39-23-7-8-34(15-25-31-27(26(29)36)32-41-25)13-22(23)30-24(35)14-33(2)28(18)37/h4-6,9-12,22-23H,3,7-8,13-16H2,1-2H3,(H2,29,36)(H,30,35)/t22-,23+/m0/s1. The third-order valence-electron chi connectivity index (χ3n) is 6.79. The highest BCUT2D eigenvalue weighted by Crippen LogP contribution is 2.29. The number of nitrogens with two attached hydrogens (primary N) is 1. The lowest BCUT2D eigenvalue weighted by Crippen LogP contribution is -2.57. The number of piperidine rings is 1. The minimum atomic E-state index is -0.772. The molecule has 13 nitrogen and oxygen atoms in total. The Morgan fingerprint density at radius 3 is 2.83 bits per heavy atom. The first-order chi connectivity index (χ1) is 19.8. The first kappa shape index (κ1) is 28.1. The Hall–Kier alpha value is -4.49. The molecular weight excluding hydrogens is 532 g/mol. The van der Waals surface area contributed by atoms with Crippen LogP contribution in [0.4, 0.5) is 0 Å². The molecule has 3 N–H and O–H groups in total. The lowest BCUT2D eigenvalue weighted by atomic mass is 10.0. The lowest BCUT2D eigenvalue weighted by Gasteiger charge is -2.38. The molecule has 2 aliphatic heterocycles. The monoisotopic (exact) mass is 564 g/mol. The van der Waals surface area contributed by atoms with Gasteiger partial charge >= 0.3 is 0 Å². The summed E-state index contributed by atoms with van der Waals surface area (Å²) in [4.78, 5) is 45.2. The van der Waals surface area contributed by atoms with Crippen LogP contribution in [-0.2, 0) is 22.7 Å². The Kier molecular flexibility index (Phi) is 8.45. The number of carbonyl (C=O) groups is 3. The number of primary amides is 1. The highest BCUT2D eigenvalue weighted by atomic mass is 16.5. The number of benzene rings is 2. The average molecular weight is 565 g/mol. The maximum atomic E-state index is 13.3. The van der Waals surface area contributed by atoms with Crippen molar-refractivity contribution in [3.8, 4) is 17.2 Å². The third-order valence-corrected chi connectivity index (χ3v) is 6.79. The van der Waals surface area contributed by atoms with Crippen LogP contribution in [0, 0.1) is 0 Å². The fraction of sp³-hybridized carbons (Fsp3) is 0.393. The van der Waals surface area contributed by atoms with Gasteiger partial charge in [0, 0.05) is 31.8 Å². The van der Waals surface area contributed by atoms with E-state index in [-0.39, 0.29) is 42.7 Å². The molecule has 3 heterocycles. The molecule has 3 amide bonds. The van der Waals surface area contributed by atoms with E-state index in [0.717, 1.165) is 5.56 Å². The number of likely N-dealkylation sites (tertiary alicyclic amines) is 1. The molecule has 41 heavy (non-hydrogen) atoms. The molecule has 216 valence electrons. The van der Waals surface area contributed by atoms with Gasteiger partial charge in [-0.2, -0.15) is 4.98 Å². The van der Waals surface area contributed by atoms with Crippen LogP contribution in [0.2, 0.25) is 0 Å². The molecule has 0 spiro atoms. The Morgan fingerprint density at radius 2 is 2.05 bits per heavy atom. The molecule has 0 radical (unpaired) electrons. The van der Waals surface area contributed by atoms with Crippen molar-refractivity contribution in [2.24, 2.45) is 5.73 Å². The van der Waals surface area contributed by atoms with Crippen LogP contribution in [-0.4, -0.2) is 83.1 Å². The molecule has 2 aliphatic rings. The van der Waals surface area contributed by atoms with Gasteiger partial charge in [0.1, 0.15) is 17.2 Å². The number of aromatic nitrogens is 2. The van der Waals surface area contributed by atoms with E-state index in [1.54, 1.807) is 25.2 Å². The molecule has 0 aliphatic carbocycles. The van der Waals surface area contributed by atoms with Gasteiger partial charge in [-0.05, 0) is 43.2 Å². The number of carbonyl (C=O) groups excluding carboxylic acids is 3. The highest BCUT2D eigenvalue weighted by molar-refractivity contribution is 5.97. The molecule has 1 fully saturated rings. The molecule has 2 atom stereocenters. The van der Waals surface area contributed by atoms with Crippen LogP contribution in [0.3, 0.4) is 0 Å². The van der Waals surface area contributed by atoms with Crippen molar-refractivity contribution in [3.05, 3.63) is 65.3 Å². The van der Waals surface area contributed by atoms with Gasteiger partial charge in [-0.15, -0.1) is 0 Å². The summed E-state index contributed by atoms with van der Waals surface area (Å²) in [5, 5.41) is 6.64. The normalized spacial score (nSPS) is 20.1. The van der Waals surface area contributed by atoms with Crippen LogP contribution < -0.4 is 20.5 Å². The van der Waals surface area contributed by atoms with E-state index < -0.39 is 11.9 Å². The van der Waals surface area contributed by atoms with Crippen molar-refractivity contribution >= 4 is 17.7 Å². The van der Waals surface area contributed by atoms with E-state index in [2.05, 4.69) is 15.5 Å². The Labute approximate surface area is 236 Å². The maximum absolute atomic E-state index is 13.3. The summed E-state index contributed by atoms with van der Waals surface area (Å²) in [6.07, 6.45) is 0.316. The summed E-state index contributed by atoms with van der Waals surface area (Å²) in [6.45, 7) is 3.74. The summed E-state index contributed by atoms with van der Waals surface area (Å²) in [5.41, 5.74) is 6.45. The average Bonchev–Trinajstić information content (AvgIpc) is 3.41. The number of amides is 3. The van der Waals surface area contributed by atoms with E-state index in [0.29, 0.717) is 55.5 Å². The summed E-state index contributed by atoms with van der Waals surface area (Å²) >= 11 is 0. The molecule has 0 saturated carbocycles. The summed E-state index contributed by atoms with van der Waals surface area (Å²) < 4.78 is 23.2. The van der Waals surface area contributed by atoms with Gasteiger partial charge in [-0.1, -0.05) is 17.3 Å². The predicted molar refractivity (Wildman–Crippen MR) is 144 cm³/mol. The largest absolute Gasteiger partial charge is 0.494 e. The molecule has 4 bridgehead atoms. The third kappa shape index (κ3) is 6.99. The molecule has 3 aromatic rings. The second-order valence-electron chi connectivity index (χ2n) is 9.96. The number of likely N-dealkylation sites (N-methyl/N-ethyl adjacent to an activating group) is 1. The van der Waals surface area contributed by atoms with E-state index in [1.165, 1.54) is 4.90 Å². The number of hydrogen-bond acceptors (Lipinski definition) is 10. The topological polar surface area (TPSA) is 162 Å². The van der Waals surface area contributed by atoms with Crippen LogP contribution >= 0.6 is 0 Å². The van der Waals surface area contributed by atoms with Crippen molar-refractivity contribution in [3.63, 3.8) is 0 Å². The van der Waals surface area contributed by atoms with Crippen molar-refractivity contribution in [2.75, 3.05) is 33.3 Å². The van der Waals surface area contributed by atoms with E-state index in [9.17, 15) is 14.4 Å². The van der Waals surface area contributed by atoms with Crippen LogP contribution in [0.5, 0.6) is 17.2 Å². The van der Waals surface area contributed by atoms with Gasteiger partial charge in [0.15, 0.2) is 0 Å². The number of fused-ring (bicyclic) bond motifs is 5. The van der Waals surface area contributed by atoms with Gasteiger partial charge < -0.3 is 34.7 Å². The second kappa shape index (κ2) is 12.4. The Morgan fingerprint density at radius 1 is 1.20 bits per heavy atom. The highest BCUT2D eigenvalue weighted by Gasteiger charge is 2.33. The maximum Gasteiger partial charge on any atom is 0.290 e. The van der Waals surface area contributed by atoms with Gasteiger partial charge in [0.05, 0.1) is 38.4 Å². The van der Waals surface area contributed by atoms with Gasteiger partial charge in [-0.3, -0.25) is 19.3 Å². The van der Waals surface area contributed by atoms with Crippen molar-refractivity contribution in [1.82, 2.24) is 25.3 Å². The summed E-state index contributed by atoms with van der Waals surface area (Å²) in [7, 11) is 1.56. The lowest BCUT2D eigenvalue weighted by molar-refractivity contribution is -0.125. The number of hydrogen-bond donors (Lipinski definition) is 2. The molecule has 2 aromatic carbocycles. The number of nitrogens with zero attached hydrogens (tertiary/aromatic N) is 4. The Balaban J connectivity index is 1.39. The predicted octanol–water partition coefficient (Wildman–Crippen LogP) is 1.72. The van der Waals surface area contributed by atoms with Crippen LogP contribution in [0.15, 0.2) is 47.0 Å². The van der Waals surface area contributed by atoms with Crippen molar-refractivity contribution in [2.45, 2.75) is 38.6 Å². The SMILES string of the molecule is CCOc1cc2cc(c1)C(=O)N(C)CC(=O)N[C@H]1CN(Cc3nc(C(N)=O)no3)CC[C@H]1OCc1cccc(c1)O2. The molecular formula is C28H32N6O7. The van der Waals surface area contributed by atoms with Crippen molar-refractivity contribution in [1.29, 1.82) is 0 Å². The van der Waals surface area contributed by atoms with E-state index in [4.69, 9.17) is 24.5 Å². The second-order valence-corrected chi connectivity index (χ2v) is 9.96. The van der Waals surface area contributed by atoms with E-state index in [1.807, 2.05) is 36.1 Å². The van der Waals surface area contributed by atoms with Gasteiger partial charge in [-0.25, -0.2) is 0 Å². The fourth-order valence-corrected chi connectivity index (χ4v) is 4.89. The number of ether oxygens (including phenoxy) is 3. The first-order valence-corrected chi connectivity index (χ1v) is 13.3. The van der Waals surface area contributed by atoms with Crippen LogP contribution in [0.1, 0.15) is 45.8 Å².